The van der Waals surface area contributed by atoms with E-state index >= 15 is 0 Å². The van der Waals surface area contributed by atoms with E-state index in [1.807, 2.05) is 48.2 Å². The van der Waals surface area contributed by atoms with Gasteiger partial charge < -0.3 is 9.64 Å². The number of nitrogens with one attached hydrogen (secondary N) is 1. The van der Waals surface area contributed by atoms with Gasteiger partial charge in [-0.25, -0.2) is 4.98 Å². The van der Waals surface area contributed by atoms with Crippen molar-refractivity contribution in [2.75, 3.05) is 19.7 Å². The van der Waals surface area contributed by atoms with E-state index in [0.29, 0.717) is 23.1 Å². The van der Waals surface area contributed by atoms with Gasteiger partial charge in [0.25, 0.3) is 0 Å². The van der Waals surface area contributed by atoms with Crippen LogP contribution in [0.3, 0.4) is 0 Å². The molecule has 170 valence electrons. The number of fused-ring (bicyclic) bond motifs is 1. The number of carbonyl (C=O) groups is 1. The molecule has 0 saturated carbocycles. The van der Waals surface area contributed by atoms with Crippen LogP contribution in [-0.2, 0) is 11.3 Å². The van der Waals surface area contributed by atoms with Crippen molar-refractivity contribution >= 4 is 39.7 Å². The number of carbonyl (C=O) groups excluding carboxylic acids is 1. The minimum atomic E-state index is 0.0578. The van der Waals surface area contributed by atoms with Gasteiger partial charge in [0.15, 0.2) is 10.6 Å². The zero-order valence-electron chi connectivity index (χ0n) is 18.4. The van der Waals surface area contributed by atoms with Crippen LogP contribution in [0.15, 0.2) is 48.5 Å². The van der Waals surface area contributed by atoms with Crippen LogP contribution < -0.4 is 4.74 Å². The number of likely N-dealkylation sites (tertiary alicyclic amines) is 1. The highest BCUT2D eigenvalue weighted by Gasteiger charge is 2.26. The number of thiazole rings is 1. The van der Waals surface area contributed by atoms with Crippen LogP contribution in [0.25, 0.3) is 21.6 Å². The van der Waals surface area contributed by atoms with E-state index in [9.17, 15) is 4.79 Å². The zero-order valence-corrected chi connectivity index (χ0v) is 20.0. The van der Waals surface area contributed by atoms with Crippen molar-refractivity contribution in [2.24, 2.45) is 0 Å². The Morgan fingerprint density at radius 1 is 1.18 bits per heavy atom. The minimum absolute atomic E-state index is 0.0578. The Bertz CT molecular complexity index is 1280. The van der Waals surface area contributed by atoms with E-state index in [4.69, 9.17) is 21.9 Å². The molecule has 7 nitrogen and oxygen atoms in total. The quantitative estimate of drug-likeness (QED) is 0.393. The number of aromatic amines is 1. The van der Waals surface area contributed by atoms with Crippen molar-refractivity contribution in [3.05, 3.63) is 58.3 Å². The molecule has 1 aliphatic rings. The Labute approximate surface area is 201 Å². The summed E-state index contributed by atoms with van der Waals surface area (Å²) >= 11 is 7.19. The maximum absolute atomic E-state index is 13.1. The van der Waals surface area contributed by atoms with Crippen molar-refractivity contribution in [1.29, 1.82) is 0 Å². The monoisotopic (exact) mass is 479 g/mol. The largest absolute Gasteiger partial charge is 0.494 e. The van der Waals surface area contributed by atoms with Crippen molar-refractivity contribution in [3.63, 3.8) is 0 Å². The average Bonchev–Trinajstić information content (AvgIpc) is 3.44. The first-order valence-electron chi connectivity index (χ1n) is 11.1. The molecule has 0 unspecified atom stereocenters. The molecule has 3 heterocycles. The van der Waals surface area contributed by atoms with Gasteiger partial charge >= 0.3 is 0 Å². The first-order valence-corrected chi connectivity index (χ1v) is 12.4. The van der Waals surface area contributed by atoms with E-state index in [1.165, 1.54) is 9.71 Å². The lowest BCUT2D eigenvalue weighted by Crippen LogP contribution is -2.39. The molecule has 0 radical (unpaired) electrons. The Kier molecular flexibility index (Phi) is 6.24. The average molecular weight is 480 g/mol. The van der Waals surface area contributed by atoms with Gasteiger partial charge in [-0.2, -0.15) is 5.10 Å². The molecule has 2 aromatic carbocycles. The van der Waals surface area contributed by atoms with Crippen molar-refractivity contribution in [1.82, 2.24) is 24.6 Å². The molecular weight excluding hydrogens is 454 g/mol. The third-order valence-electron chi connectivity index (χ3n) is 5.98. The Balaban J connectivity index is 1.25. The van der Waals surface area contributed by atoms with Gasteiger partial charge in [0.1, 0.15) is 12.3 Å². The third kappa shape index (κ3) is 4.56. The first-order chi connectivity index (χ1) is 16.1. The van der Waals surface area contributed by atoms with Crippen LogP contribution in [0.1, 0.15) is 30.7 Å². The summed E-state index contributed by atoms with van der Waals surface area (Å²) in [7, 11) is 0. The van der Waals surface area contributed by atoms with E-state index in [-0.39, 0.29) is 12.5 Å². The van der Waals surface area contributed by atoms with E-state index in [0.717, 1.165) is 42.8 Å². The van der Waals surface area contributed by atoms with Gasteiger partial charge in [-0.1, -0.05) is 12.1 Å². The summed E-state index contributed by atoms with van der Waals surface area (Å²) < 4.78 is 8.95. The molecule has 1 saturated heterocycles. The zero-order chi connectivity index (χ0) is 22.8. The van der Waals surface area contributed by atoms with Crippen LogP contribution in [0.2, 0.25) is 0 Å². The van der Waals surface area contributed by atoms with Crippen LogP contribution in [0, 0.1) is 4.77 Å². The molecule has 5 rings (SSSR count). The molecule has 4 aromatic rings. The molecule has 9 heteroatoms. The molecule has 0 bridgehead atoms. The number of hydrogen-bond donors (Lipinski definition) is 1. The molecule has 2 aromatic heterocycles. The second-order valence-electron chi connectivity index (χ2n) is 8.07. The molecule has 33 heavy (non-hydrogen) atoms. The van der Waals surface area contributed by atoms with Crippen LogP contribution in [0.5, 0.6) is 5.75 Å². The Morgan fingerprint density at radius 3 is 2.67 bits per heavy atom. The standard InChI is InChI=1S/C24H25N5O2S2/c1-2-31-18-9-7-16(8-10-18)22-26-27-24(32)29(22)15-21(30)28-13-11-17(12-14-28)23-25-19-5-3-4-6-20(19)33-23/h3-10,17H,2,11-15H2,1H3,(H,27,32). The summed E-state index contributed by atoms with van der Waals surface area (Å²) in [5.41, 5.74) is 1.94. The molecule has 0 aliphatic carbocycles. The summed E-state index contributed by atoms with van der Waals surface area (Å²) in [6.45, 7) is 4.18. The highest BCUT2D eigenvalue weighted by Crippen LogP contribution is 2.34. The number of H-pyrrole nitrogens is 1. The number of piperidine rings is 1. The lowest BCUT2D eigenvalue weighted by Gasteiger charge is -2.31. The fourth-order valence-electron chi connectivity index (χ4n) is 4.23. The predicted octanol–water partition coefficient (Wildman–Crippen LogP) is 5.02. The fourth-order valence-corrected chi connectivity index (χ4v) is 5.56. The van der Waals surface area contributed by atoms with Gasteiger partial charge in [0.2, 0.25) is 5.91 Å². The molecule has 1 aliphatic heterocycles. The topological polar surface area (TPSA) is 76.0 Å². The summed E-state index contributed by atoms with van der Waals surface area (Å²) in [6.07, 6.45) is 1.85. The SMILES string of the molecule is CCOc1ccc(-c2n[nH]c(=S)n2CC(=O)N2CCC(c3nc4ccccc4s3)CC2)cc1. The second-order valence-corrected chi connectivity index (χ2v) is 9.52. The van der Waals surface area contributed by atoms with Crippen molar-refractivity contribution < 1.29 is 9.53 Å². The highest BCUT2D eigenvalue weighted by molar-refractivity contribution is 7.71. The molecule has 1 fully saturated rings. The van der Waals surface area contributed by atoms with Crippen molar-refractivity contribution in [2.45, 2.75) is 32.2 Å². The molecule has 0 spiro atoms. The third-order valence-corrected chi connectivity index (χ3v) is 7.49. The normalized spacial score (nSPS) is 14.6. The highest BCUT2D eigenvalue weighted by atomic mass is 32.1. The van der Waals surface area contributed by atoms with Crippen molar-refractivity contribution in [3.8, 4) is 17.1 Å². The van der Waals surface area contributed by atoms with Gasteiger partial charge in [-0.15, -0.1) is 11.3 Å². The first kappa shape index (κ1) is 21.8. The summed E-state index contributed by atoms with van der Waals surface area (Å²) in [4.78, 5) is 19.9. The van der Waals surface area contributed by atoms with Crippen LogP contribution >= 0.6 is 23.6 Å². The number of nitrogens with zero attached hydrogens (tertiary/aromatic N) is 4. The van der Waals surface area contributed by atoms with Gasteiger partial charge in [-0.3, -0.25) is 14.5 Å². The number of benzene rings is 2. The van der Waals surface area contributed by atoms with Gasteiger partial charge in [-0.05, 0) is 68.4 Å². The van der Waals surface area contributed by atoms with Gasteiger partial charge in [0, 0.05) is 24.6 Å². The molecule has 1 amide bonds. The fraction of sp³-hybridized carbons (Fsp3) is 0.333. The van der Waals surface area contributed by atoms with Crippen LogP contribution in [0.4, 0.5) is 0 Å². The van der Waals surface area contributed by atoms with Crippen LogP contribution in [-0.4, -0.2) is 50.3 Å². The van der Waals surface area contributed by atoms with E-state index < -0.39 is 0 Å². The van der Waals surface area contributed by atoms with Gasteiger partial charge in [0.05, 0.1) is 21.8 Å². The maximum atomic E-state index is 13.1. The minimum Gasteiger partial charge on any atom is -0.494 e. The molecular formula is C24H25N5O2S2. The lowest BCUT2D eigenvalue weighted by molar-refractivity contribution is -0.132. The summed E-state index contributed by atoms with van der Waals surface area (Å²) in [5.74, 6) is 1.92. The van der Waals surface area contributed by atoms with E-state index in [1.54, 1.807) is 15.9 Å². The van der Waals surface area contributed by atoms with E-state index in [2.05, 4.69) is 22.3 Å². The smallest absolute Gasteiger partial charge is 0.242 e. The second kappa shape index (κ2) is 9.44. The number of para-hydroxylation sites is 1. The predicted molar refractivity (Wildman–Crippen MR) is 132 cm³/mol. The Morgan fingerprint density at radius 2 is 1.94 bits per heavy atom. The number of aromatic nitrogens is 4. The lowest BCUT2D eigenvalue weighted by atomic mass is 9.97. The number of amides is 1. The summed E-state index contributed by atoms with van der Waals surface area (Å²) in [5, 5.41) is 8.37. The summed E-state index contributed by atoms with van der Waals surface area (Å²) in [6, 6.07) is 15.9. The number of rotatable bonds is 6. The number of ether oxygens (including phenoxy) is 1. The molecule has 1 N–H and O–H groups in total. The number of hydrogen-bond acceptors (Lipinski definition) is 6. The maximum Gasteiger partial charge on any atom is 0.242 e. The Hall–Kier alpha value is -3.04. The molecule has 0 atom stereocenters.